The Bertz CT molecular complexity index is 1200. The van der Waals surface area contributed by atoms with Gasteiger partial charge in [-0.3, -0.25) is 0 Å². The van der Waals surface area contributed by atoms with E-state index in [-0.39, 0.29) is 0 Å². The Kier molecular flexibility index (Phi) is 4.43. The number of aromatic nitrogens is 3. The Hall–Kier alpha value is -2.99. The van der Waals surface area contributed by atoms with Crippen molar-refractivity contribution in [2.75, 3.05) is 43.1 Å². The van der Waals surface area contributed by atoms with E-state index in [0.717, 1.165) is 60.0 Å². The number of halogens is 1. The topological polar surface area (TPSA) is 45.9 Å². The molecule has 0 unspecified atom stereocenters. The van der Waals surface area contributed by atoms with E-state index in [0.29, 0.717) is 10.7 Å². The molecule has 2 aromatic carbocycles. The van der Waals surface area contributed by atoms with Crippen molar-refractivity contribution in [1.29, 1.82) is 0 Å². The van der Waals surface area contributed by atoms with Gasteiger partial charge in [-0.2, -0.15) is 5.10 Å². The number of benzene rings is 2. The summed E-state index contributed by atoms with van der Waals surface area (Å²) in [5.74, 6) is 1.88. The lowest BCUT2D eigenvalue weighted by Crippen LogP contribution is -2.47. The summed E-state index contributed by atoms with van der Waals surface area (Å²) in [6.45, 7) is 5.45. The molecule has 6 nitrogen and oxygen atoms in total. The van der Waals surface area contributed by atoms with E-state index < -0.39 is 0 Å². The van der Waals surface area contributed by atoms with Gasteiger partial charge in [0, 0.05) is 31.6 Å². The highest BCUT2D eigenvalue weighted by atomic mass is 35.5. The first-order valence-corrected chi connectivity index (χ1v) is 10.1. The van der Waals surface area contributed by atoms with Crippen LogP contribution < -0.4 is 14.5 Å². The molecule has 0 spiro atoms. The zero-order chi connectivity index (χ0) is 20.0. The maximum Gasteiger partial charge on any atom is 0.176 e. The van der Waals surface area contributed by atoms with Crippen molar-refractivity contribution >= 4 is 39.7 Å². The number of ether oxygens (including phenoxy) is 1. The average molecular weight is 408 g/mol. The van der Waals surface area contributed by atoms with E-state index in [9.17, 15) is 0 Å². The van der Waals surface area contributed by atoms with Gasteiger partial charge in [0.1, 0.15) is 16.6 Å². The summed E-state index contributed by atoms with van der Waals surface area (Å²) in [7, 11) is 1.72. The Morgan fingerprint density at radius 1 is 0.931 bits per heavy atom. The van der Waals surface area contributed by atoms with Crippen LogP contribution in [0, 0.1) is 6.92 Å². The molecule has 0 N–H and O–H groups in total. The molecule has 148 valence electrons. The van der Waals surface area contributed by atoms with Crippen LogP contribution in [0.3, 0.4) is 0 Å². The number of aryl methyl sites for hydroxylation is 1. The number of hydrogen-bond acceptors (Lipinski definition) is 5. The lowest BCUT2D eigenvalue weighted by molar-refractivity contribution is 0.413. The van der Waals surface area contributed by atoms with Crippen molar-refractivity contribution in [3.05, 3.63) is 59.2 Å². The minimum atomic E-state index is 0.615. The molecule has 5 rings (SSSR count). The lowest BCUT2D eigenvalue weighted by atomic mass is 10.2. The SMILES string of the molecule is COc1ccccc1N1CCN(c2nc3c(Cl)c(C)nn3c3ccccc23)CC1. The molecule has 0 atom stereocenters. The predicted octanol–water partition coefficient (Wildman–Crippen LogP) is 4.18. The summed E-state index contributed by atoms with van der Waals surface area (Å²) in [5.41, 5.74) is 3.67. The molecule has 1 saturated heterocycles. The predicted molar refractivity (Wildman–Crippen MR) is 118 cm³/mol. The number of methoxy groups -OCH3 is 1. The Balaban J connectivity index is 1.51. The van der Waals surface area contributed by atoms with Crippen LogP contribution in [-0.2, 0) is 0 Å². The number of rotatable bonds is 3. The Labute approximate surface area is 174 Å². The van der Waals surface area contributed by atoms with Gasteiger partial charge in [-0.05, 0) is 31.2 Å². The fourth-order valence-electron chi connectivity index (χ4n) is 4.06. The first-order valence-electron chi connectivity index (χ1n) is 9.74. The van der Waals surface area contributed by atoms with Gasteiger partial charge in [-0.1, -0.05) is 35.9 Å². The van der Waals surface area contributed by atoms with E-state index in [4.69, 9.17) is 21.3 Å². The molecule has 3 heterocycles. The van der Waals surface area contributed by atoms with E-state index in [1.807, 2.05) is 35.7 Å². The normalized spacial score (nSPS) is 14.7. The van der Waals surface area contributed by atoms with E-state index in [1.54, 1.807) is 7.11 Å². The fraction of sp³-hybridized carbons (Fsp3) is 0.273. The van der Waals surface area contributed by atoms with Crippen LogP contribution in [0.2, 0.25) is 5.02 Å². The van der Waals surface area contributed by atoms with Gasteiger partial charge in [0.15, 0.2) is 5.65 Å². The molecule has 7 heteroatoms. The number of fused-ring (bicyclic) bond motifs is 3. The van der Waals surface area contributed by atoms with Crippen LogP contribution in [0.4, 0.5) is 11.5 Å². The monoisotopic (exact) mass is 407 g/mol. The Morgan fingerprint density at radius 3 is 2.41 bits per heavy atom. The Morgan fingerprint density at radius 2 is 1.62 bits per heavy atom. The molecule has 2 aromatic heterocycles. The second-order valence-corrected chi connectivity index (χ2v) is 7.61. The second-order valence-electron chi connectivity index (χ2n) is 7.23. The number of anilines is 2. The summed E-state index contributed by atoms with van der Waals surface area (Å²) >= 11 is 6.50. The van der Waals surface area contributed by atoms with Crippen molar-refractivity contribution in [2.24, 2.45) is 0 Å². The molecule has 29 heavy (non-hydrogen) atoms. The highest BCUT2D eigenvalue weighted by molar-refractivity contribution is 6.34. The van der Waals surface area contributed by atoms with Crippen LogP contribution in [0.15, 0.2) is 48.5 Å². The summed E-state index contributed by atoms with van der Waals surface area (Å²) in [4.78, 5) is 9.64. The molecule has 4 aromatic rings. The van der Waals surface area contributed by atoms with Crippen molar-refractivity contribution < 1.29 is 4.74 Å². The molecule has 0 bridgehead atoms. The molecule has 1 aliphatic rings. The van der Waals surface area contributed by atoms with Crippen molar-refractivity contribution in [2.45, 2.75) is 6.92 Å². The van der Waals surface area contributed by atoms with Crippen LogP contribution in [0.25, 0.3) is 16.6 Å². The van der Waals surface area contributed by atoms with Gasteiger partial charge in [-0.15, -0.1) is 0 Å². The van der Waals surface area contributed by atoms with Crippen molar-refractivity contribution in [3.8, 4) is 5.75 Å². The molecule has 0 radical (unpaired) electrons. The summed E-state index contributed by atoms with van der Waals surface area (Å²) in [6.07, 6.45) is 0. The first kappa shape index (κ1) is 18.1. The highest BCUT2D eigenvalue weighted by Crippen LogP contribution is 2.32. The largest absolute Gasteiger partial charge is 0.495 e. The van der Waals surface area contributed by atoms with Gasteiger partial charge < -0.3 is 14.5 Å². The van der Waals surface area contributed by atoms with Crippen molar-refractivity contribution in [1.82, 2.24) is 14.6 Å². The molecular weight excluding hydrogens is 386 g/mol. The number of nitrogens with zero attached hydrogens (tertiary/aromatic N) is 5. The highest BCUT2D eigenvalue weighted by Gasteiger charge is 2.23. The molecule has 0 amide bonds. The zero-order valence-corrected chi connectivity index (χ0v) is 17.2. The van der Waals surface area contributed by atoms with Crippen LogP contribution in [0.1, 0.15) is 5.69 Å². The smallest absolute Gasteiger partial charge is 0.176 e. The number of hydrogen-bond donors (Lipinski definition) is 0. The molecule has 1 fully saturated rings. The standard InChI is InChI=1S/C22H22ClN5O/c1-15-20(23)22-24-21(16-7-3-4-8-17(16)28(22)25-15)27-13-11-26(12-14-27)18-9-5-6-10-19(18)29-2/h3-10H,11-14H2,1-2H3. The minimum absolute atomic E-state index is 0.615. The lowest BCUT2D eigenvalue weighted by Gasteiger charge is -2.37. The summed E-state index contributed by atoms with van der Waals surface area (Å²) < 4.78 is 7.39. The summed E-state index contributed by atoms with van der Waals surface area (Å²) in [6, 6.07) is 16.4. The first-order chi connectivity index (χ1) is 14.2. The third-order valence-corrected chi connectivity index (χ3v) is 6.00. The molecular formula is C22H22ClN5O. The number of para-hydroxylation sites is 3. The molecule has 1 aliphatic heterocycles. The molecule has 0 saturated carbocycles. The van der Waals surface area contributed by atoms with E-state index in [1.165, 1.54) is 0 Å². The minimum Gasteiger partial charge on any atom is -0.495 e. The van der Waals surface area contributed by atoms with Crippen molar-refractivity contribution in [3.63, 3.8) is 0 Å². The maximum absolute atomic E-state index is 6.50. The maximum atomic E-state index is 6.50. The quantitative estimate of drug-likeness (QED) is 0.509. The third kappa shape index (κ3) is 2.95. The van der Waals surface area contributed by atoms with Gasteiger partial charge in [0.25, 0.3) is 0 Å². The van der Waals surface area contributed by atoms with Crippen LogP contribution in [-0.4, -0.2) is 47.9 Å². The third-order valence-electron chi connectivity index (χ3n) is 5.55. The van der Waals surface area contributed by atoms with Gasteiger partial charge in [-0.25, -0.2) is 9.50 Å². The van der Waals surface area contributed by atoms with Crippen LogP contribution >= 0.6 is 11.6 Å². The fourth-order valence-corrected chi connectivity index (χ4v) is 4.22. The van der Waals surface area contributed by atoms with Gasteiger partial charge in [0.2, 0.25) is 0 Å². The van der Waals surface area contributed by atoms with Crippen LogP contribution in [0.5, 0.6) is 5.75 Å². The van der Waals surface area contributed by atoms with Gasteiger partial charge >= 0.3 is 0 Å². The second kappa shape index (κ2) is 7.12. The average Bonchev–Trinajstić information content (AvgIpc) is 3.07. The van der Waals surface area contributed by atoms with Gasteiger partial charge in [0.05, 0.1) is 24.0 Å². The molecule has 0 aliphatic carbocycles. The summed E-state index contributed by atoms with van der Waals surface area (Å²) in [5, 5.41) is 6.28. The van der Waals surface area contributed by atoms with E-state index >= 15 is 0 Å². The zero-order valence-electron chi connectivity index (χ0n) is 16.5. The number of piperazine rings is 1. The van der Waals surface area contributed by atoms with E-state index in [2.05, 4.69) is 39.2 Å².